The number of alkyl halides is 3. The van der Waals surface area contributed by atoms with E-state index in [0.717, 1.165) is 79.3 Å². The zero-order chi connectivity index (χ0) is 30.4. The van der Waals surface area contributed by atoms with Gasteiger partial charge in [-0.3, -0.25) is 0 Å². The SMILES string of the molecule is C[N+]1(CCCOc2nc3ccccc3s2)CCC(OC(=O)C(O)(c2ccco2)C2CCCCC2)C1.O=C([O-])C(F)(F)F. The average molecular weight is 613 g/mol. The summed E-state index contributed by atoms with van der Waals surface area (Å²) < 4.78 is 50.9. The molecule has 0 amide bonds. The number of halogens is 3. The fourth-order valence-corrected chi connectivity index (χ4v) is 6.51. The summed E-state index contributed by atoms with van der Waals surface area (Å²) in [5, 5.41) is 21.1. The van der Waals surface area contributed by atoms with Gasteiger partial charge in [0.25, 0.3) is 5.19 Å². The lowest BCUT2D eigenvalue weighted by Gasteiger charge is -2.35. The predicted octanol–water partition coefficient (Wildman–Crippen LogP) is 4.19. The molecule has 13 heteroatoms. The second-order valence-electron chi connectivity index (χ2n) is 11.1. The summed E-state index contributed by atoms with van der Waals surface area (Å²) in [6, 6.07) is 11.5. The predicted molar refractivity (Wildman–Crippen MR) is 145 cm³/mol. The first kappa shape index (κ1) is 31.8. The van der Waals surface area contributed by atoms with E-state index in [2.05, 4.69) is 18.1 Å². The Morgan fingerprint density at radius 3 is 2.50 bits per heavy atom. The lowest BCUT2D eigenvalue weighted by molar-refractivity contribution is -0.899. The number of benzene rings is 1. The first-order valence-corrected chi connectivity index (χ1v) is 14.8. The van der Waals surface area contributed by atoms with E-state index in [1.54, 1.807) is 23.5 Å². The molecule has 3 aromatic rings. The zero-order valence-corrected chi connectivity index (χ0v) is 24.1. The minimum atomic E-state index is -5.19. The largest absolute Gasteiger partial charge is 0.542 e. The van der Waals surface area contributed by atoms with Gasteiger partial charge in [-0.05, 0) is 37.1 Å². The molecule has 5 rings (SSSR count). The number of likely N-dealkylation sites (N-methyl/N-ethyl adjacent to an activating group) is 1. The first-order chi connectivity index (χ1) is 19.9. The van der Waals surface area contributed by atoms with Gasteiger partial charge in [-0.1, -0.05) is 42.7 Å². The number of carboxylic acid groups (broad SMARTS) is 1. The van der Waals surface area contributed by atoms with E-state index >= 15 is 0 Å². The van der Waals surface area contributed by atoms with Crippen LogP contribution in [0.2, 0.25) is 0 Å². The van der Waals surface area contributed by atoms with E-state index in [1.165, 1.54) is 6.26 Å². The highest BCUT2D eigenvalue weighted by molar-refractivity contribution is 7.20. The normalized spacial score (nSPS) is 22.6. The topological polar surface area (TPSA) is 122 Å². The Hall–Kier alpha value is -3.16. The van der Waals surface area contributed by atoms with Crippen LogP contribution in [0.5, 0.6) is 5.19 Å². The lowest BCUT2D eigenvalue weighted by atomic mass is 9.75. The van der Waals surface area contributed by atoms with Gasteiger partial charge in [-0.2, -0.15) is 13.2 Å². The number of nitrogens with zero attached hydrogens (tertiary/aromatic N) is 2. The Labute approximate surface area is 245 Å². The van der Waals surface area contributed by atoms with E-state index < -0.39 is 23.7 Å². The molecule has 1 saturated heterocycles. The quantitative estimate of drug-likeness (QED) is 0.217. The van der Waals surface area contributed by atoms with Gasteiger partial charge >= 0.3 is 12.1 Å². The smallest absolute Gasteiger partial charge is 0.430 e. The zero-order valence-electron chi connectivity index (χ0n) is 23.3. The molecule has 230 valence electrons. The van der Waals surface area contributed by atoms with Crippen molar-refractivity contribution in [1.82, 2.24) is 4.98 Å². The molecule has 1 N–H and O–H groups in total. The van der Waals surface area contributed by atoms with Gasteiger partial charge in [-0.15, -0.1) is 0 Å². The van der Waals surface area contributed by atoms with Crippen LogP contribution >= 0.6 is 11.3 Å². The number of aliphatic carboxylic acids is 1. The van der Waals surface area contributed by atoms with Crippen molar-refractivity contribution < 1.29 is 51.3 Å². The molecular weight excluding hydrogens is 577 g/mol. The first-order valence-electron chi connectivity index (χ1n) is 14.0. The van der Waals surface area contributed by atoms with Crippen LogP contribution in [0, 0.1) is 5.92 Å². The number of rotatable bonds is 9. The molecule has 3 unspecified atom stereocenters. The Balaban J connectivity index is 0.000000517. The number of likely N-dealkylation sites (tertiary alicyclic amines) is 1. The number of carbonyl (C=O) groups excluding carboxylic acids is 2. The Kier molecular flexibility index (Phi) is 10.2. The van der Waals surface area contributed by atoms with Gasteiger partial charge in [0.2, 0.25) is 5.60 Å². The number of thiazole rings is 1. The van der Waals surface area contributed by atoms with Crippen LogP contribution in [0.4, 0.5) is 13.2 Å². The van der Waals surface area contributed by atoms with Crippen molar-refractivity contribution in [3.63, 3.8) is 0 Å². The number of furan rings is 1. The molecule has 9 nitrogen and oxygen atoms in total. The second kappa shape index (κ2) is 13.4. The highest BCUT2D eigenvalue weighted by atomic mass is 32.1. The molecule has 42 heavy (non-hydrogen) atoms. The third-order valence-electron chi connectivity index (χ3n) is 7.89. The third-order valence-corrected chi connectivity index (χ3v) is 8.84. The summed E-state index contributed by atoms with van der Waals surface area (Å²) in [4.78, 5) is 26.7. The van der Waals surface area contributed by atoms with Crippen LogP contribution in [0.15, 0.2) is 47.1 Å². The fraction of sp³-hybridized carbons (Fsp3) is 0.552. The summed E-state index contributed by atoms with van der Waals surface area (Å²) in [6.45, 7) is 3.22. The Morgan fingerprint density at radius 1 is 1.14 bits per heavy atom. The molecule has 1 saturated carbocycles. The van der Waals surface area contributed by atoms with E-state index in [-0.39, 0.29) is 12.0 Å². The summed E-state index contributed by atoms with van der Waals surface area (Å²) in [5.74, 6) is -3.43. The molecule has 2 fully saturated rings. The number of para-hydroxylation sites is 1. The van der Waals surface area contributed by atoms with Crippen molar-refractivity contribution in [3.8, 4) is 5.19 Å². The highest BCUT2D eigenvalue weighted by Gasteiger charge is 2.51. The van der Waals surface area contributed by atoms with Crippen LogP contribution < -0.4 is 9.84 Å². The number of aliphatic hydroxyl groups is 1. The number of hydrogen-bond acceptors (Lipinski definition) is 9. The monoisotopic (exact) mass is 612 g/mol. The molecule has 0 bridgehead atoms. The number of carboxylic acids is 1. The maximum atomic E-state index is 13.4. The number of fused-ring (bicyclic) bond motifs is 1. The third kappa shape index (κ3) is 7.81. The Morgan fingerprint density at radius 2 is 1.86 bits per heavy atom. The molecule has 2 aromatic heterocycles. The molecule has 1 aliphatic carbocycles. The maximum absolute atomic E-state index is 13.4. The minimum absolute atomic E-state index is 0.170. The van der Waals surface area contributed by atoms with Crippen molar-refractivity contribution in [2.45, 2.75) is 62.8 Å². The van der Waals surface area contributed by atoms with Gasteiger partial charge in [0.15, 0.2) is 6.10 Å². The van der Waals surface area contributed by atoms with Crippen LogP contribution in [-0.2, 0) is 19.9 Å². The number of esters is 1. The number of carbonyl (C=O) groups is 2. The highest BCUT2D eigenvalue weighted by Crippen LogP contribution is 2.41. The number of aromatic nitrogens is 1. The van der Waals surface area contributed by atoms with Gasteiger partial charge in [-0.25, -0.2) is 9.78 Å². The van der Waals surface area contributed by atoms with Crippen LogP contribution in [0.1, 0.15) is 50.7 Å². The van der Waals surface area contributed by atoms with E-state index in [1.807, 2.05) is 18.2 Å². The van der Waals surface area contributed by atoms with E-state index in [9.17, 15) is 23.1 Å². The van der Waals surface area contributed by atoms with Crippen molar-refractivity contribution >= 4 is 33.5 Å². The fourth-order valence-electron chi connectivity index (χ4n) is 5.67. The molecule has 3 heterocycles. The molecule has 2 aliphatic rings. The number of hydrogen-bond donors (Lipinski definition) is 1. The van der Waals surface area contributed by atoms with Crippen molar-refractivity contribution in [2.75, 3.05) is 33.3 Å². The van der Waals surface area contributed by atoms with Crippen LogP contribution in [-0.4, -0.2) is 72.1 Å². The summed E-state index contributed by atoms with van der Waals surface area (Å²) in [5.41, 5.74) is -0.737. The van der Waals surface area contributed by atoms with Crippen molar-refractivity contribution in [3.05, 3.63) is 48.4 Å². The number of ether oxygens (including phenoxy) is 2. The summed E-state index contributed by atoms with van der Waals surface area (Å²) >= 11 is 1.57. The van der Waals surface area contributed by atoms with Crippen LogP contribution in [0.3, 0.4) is 0 Å². The number of quaternary nitrogens is 1. The second-order valence-corrected chi connectivity index (χ2v) is 12.1. The van der Waals surface area contributed by atoms with Crippen molar-refractivity contribution in [2.24, 2.45) is 5.92 Å². The molecule has 1 aliphatic heterocycles. The molecule has 0 radical (unpaired) electrons. The van der Waals surface area contributed by atoms with Crippen LogP contribution in [0.25, 0.3) is 10.2 Å². The molecule has 0 spiro atoms. The standard InChI is InChI=1S/C27H35N2O5S.C2HF3O2/c1-29(15-8-18-33-26-28-22-11-5-6-12-23(22)35-26)16-14-21(19-29)34-25(30)27(31,24-13-7-17-32-24)20-9-3-2-4-10-20;3-2(4,5)1(6)7/h5-7,11-13,17,20-21,31H,2-4,8-10,14-16,18-19H2,1H3;(H,6,7)/q+1;/p-1. The molecule has 1 aromatic carbocycles. The van der Waals surface area contributed by atoms with Gasteiger partial charge < -0.3 is 33.4 Å². The minimum Gasteiger partial charge on any atom is -0.542 e. The lowest BCUT2D eigenvalue weighted by Crippen LogP contribution is -2.47. The summed E-state index contributed by atoms with van der Waals surface area (Å²) in [7, 11) is 2.20. The van der Waals surface area contributed by atoms with Gasteiger partial charge in [0, 0.05) is 18.8 Å². The average Bonchev–Trinajstić information content (AvgIpc) is 3.71. The maximum Gasteiger partial charge on any atom is 0.430 e. The molecular formula is C29H35F3N2O7S. The van der Waals surface area contributed by atoms with E-state index in [0.29, 0.717) is 17.6 Å². The van der Waals surface area contributed by atoms with Gasteiger partial charge in [0.1, 0.15) is 18.3 Å². The summed E-state index contributed by atoms with van der Waals surface area (Å²) in [6.07, 6.45) is 2.57. The van der Waals surface area contributed by atoms with E-state index in [4.69, 9.17) is 23.8 Å². The Bertz CT molecular complexity index is 1290. The van der Waals surface area contributed by atoms with Gasteiger partial charge in [0.05, 0.1) is 43.2 Å². The van der Waals surface area contributed by atoms with Crippen molar-refractivity contribution in [1.29, 1.82) is 0 Å². The molecule has 3 atom stereocenters.